The van der Waals surface area contributed by atoms with E-state index in [4.69, 9.17) is 0 Å². The van der Waals surface area contributed by atoms with E-state index in [1.165, 1.54) is 19.3 Å². The highest BCUT2D eigenvalue weighted by atomic mass is 16.1. The highest BCUT2D eigenvalue weighted by molar-refractivity contribution is 5.94. The summed E-state index contributed by atoms with van der Waals surface area (Å²) in [7, 11) is 4.16. The molecule has 0 saturated carbocycles. The van der Waals surface area contributed by atoms with Gasteiger partial charge < -0.3 is 15.1 Å². The van der Waals surface area contributed by atoms with Crippen molar-refractivity contribution in [1.82, 2.24) is 20.2 Å². The molecule has 1 saturated heterocycles. The molecule has 6 nitrogen and oxygen atoms in total. The summed E-state index contributed by atoms with van der Waals surface area (Å²) in [5.74, 6) is 0.779. The third-order valence-electron chi connectivity index (χ3n) is 5.23. The van der Waals surface area contributed by atoms with Crippen LogP contribution in [0.4, 0.5) is 5.82 Å². The Kier molecular flexibility index (Phi) is 6.76. The van der Waals surface area contributed by atoms with E-state index >= 15 is 0 Å². The van der Waals surface area contributed by atoms with Crippen LogP contribution in [0.2, 0.25) is 0 Å². The number of hydrogen-bond acceptors (Lipinski definition) is 5. The maximum absolute atomic E-state index is 12.4. The van der Waals surface area contributed by atoms with Crippen molar-refractivity contribution >= 4 is 11.7 Å². The Morgan fingerprint density at radius 3 is 2.89 bits per heavy atom. The molecular weight excluding hydrogens is 338 g/mol. The SMILES string of the molecule is CN(Cc1cccnc1)c1ccc(C(=O)NCC[C@@H]2CCCCN2C)cn1. The zero-order chi connectivity index (χ0) is 19.1. The molecule has 1 fully saturated rings. The molecule has 2 aromatic heterocycles. The van der Waals surface area contributed by atoms with Gasteiger partial charge in [-0.25, -0.2) is 4.98 Å². The van der Waals surface area contributed by atoms with Crippen molar-refractivity contribution < 1.29 is 4.79 Å². The van der Waals surface area contributed by atoms with Crippen molar-refractivity contribution in [2.75, 3.05) is 32.1 Å². The van der Waals surface area contributed by atoms with Crippen LogP contribution >= 0.6 is 0 Å². The standard InChI is InChI=1S/C21H29N5O/c1-25-13-4-3-7-19(25)10-12-23-21(27)18-8-9-20(24-15-18)26(2)16-17-6-5-11-22-14-17/h5-6,8-9,11,14-15,19H,3-4,7,10,12-13,16H2,1-2H3,(H,23,27)/t19-/m0/s1. The van der Waals surface area contributed by atoms with Crippen LogP contribution in [0.3, 0.4) is 0 Å². The van der Waals surface area contributed by atoms with Crippen molar-refractivity contribution in [2.45, 2.75) is 38.3 Å². The Hall–Kier alpha value is -2.47. The zero-order valence-corrected chi connectivity index (χ0v) is 16.3. The highest BCUT2D eigenvalue weighted by Gasteiger charge is 2.18. The Balaban J connectivity index is 1.48. The number of pyridine rings is 2. The molecule has 1 aliphatic rings. The van der Waals surface area contributed by atoms with Crippen LogP contribution in [0, 0.1) is 0 Å². The highest BCUT2D eigenvalue weighted by Crippen LogP contribution is 2.17. The molecule has 1 atom stereocenters. The van der Waals surface area contributed by atoms with E-state index < -0.39 is 0 Å². The van der Waals surface area contributed by atoms with Gasteiger partial charge in [0.1, 0.15) is 5.82 Å². The van der Waals surface area contributed by atoms with Crippen molar-refractivity contribution in [1.29, 1.82) is 0 Å². The topological polar surface area (TPSA) is 61.4 Å². The number of anilines is 1. The van der Waals surface area contributed by atoms with Crippen molar-refractivity contribution in [2.24, 2.45) is 0 Å². The lowest BCUT2D eigenvalue weighted by molar-refractivity contribution is 0.0945. The molecule has 1 amide bonds. The minimum atomic E-state index is -0.0533. The van der Waals surface area contributed by atoms with Gasteiger partial charge in [-0.1, -0.05) is 12.5 Å². The molecule has 3 rings (SSSR count). The number of nitrogens with one attached hydrogen (secondary N) is 1. The normalized spacial score (nSPS) is 17.5. The van der Waals surface area contributed by atoms with Crippen molar-refractivity contribution in [3.63, 3.8) is 0 Å². The van der Waals surface area contributed by atoms with Gasteiger partial charge in [-0.3, -0.25) is 9.78 Å². The molecule has 27 heavy (non-hydrogen) atoms. The van der Waals surface area contributed by atoms with Gasteiger partial charge in [-0.2, -0.15) is 0 Å². The fourth-order valence-electron chi connectivity index (χ4n) is 3.56. The average molecular weight is 367 g/mol. The molecule has 0 bridgehead atoms. The third kappa shape index (κ3) is 5.50. The Bertz CT molecular complexity index is 719. The molecule has 144 valence electrons. The van der Waals surface area contributed by atoms with Crippen LogP contribution in [0.15, 0.2) is 42.9 Å². The maximum Gasteiger partial charge on any atom is 0.252 e. The van der Waals surface area contributed by atoms with E-state index in [0.29, 0.717) is 18.2 Å². The van der Waals surface area contributed by atoms with E-state index in [0.717, 1.165) is 30.9 Å². The van der Waals surface area contributed by atoms with Crippen LogP contribution in [-0.4, -0.2) is 54.0 Å². The van der Waals surface area contributed by atoms with Gasteiger partial charge in [0.25, 0.3) is 5.91 Å². The van der Waals surface area contributed by atoms with Gasteiger partial charge in [0, 0.05) is 44.8 Å². The number of aromatic nitrogens is 2. The lowest BCUT2D eigenvalue weighted by atomic mass is 10.0. The van der Waals surface area contributed by atoms with Crippen LogP contribution in [-0.2, 0) is 6.54 Å². The van der Waals surface area contributed by atoms with E-state index in [1.807, 2.05) is 42.4 Å². The predicted molar refractivity (Wildman–Crippen MR) is 108 cm³/mol. The first-order valence-electron chi connectivity index (χ1n) is 9.68. The van der Waals surface area contributed by atoms with Gasteiger partial charge in [-0.15, -0.1) is 0 Å². The molecule has 0 aliphatic carbocycles. The first-order valence-corrected chi connectivity index (χ1v) is 9.68. The number of likely N-dealkylation sites (tertiary alicyclic amines) is 1. The van der Waals surface area contributed by atoms with E-state index in [9.17, 15) is 4.79 Å². The van der Waals surface area contributed by atoms with Crippen molar-refractivity contribution in [3.8, 4) is 0 Å². The molecule has 0 radical (unpaired) electrons. The molecule has 6 heteroatoms. The number of rotatable bonds is 7. The monoisotopic (exact) mass is 367 g/mol. The largest absolute Gasteiger partial charge is 0.355 e. The van der Waals surface area contributed by atoms with Gasteiger partial charge in [0.05, 0.1) is 5.56 Å². The number of nitrogens with zero attached hydrogens (tertiary/aromatic N) is 4. The van der Waals surface area contributed by atoms with Crippen molar-refractivity contribution in [3.05, 3.63) is 54.0 Å². The minimum Gasteiger partial charge on any atom is -0.355 e. The minimum absolute atomic E-state index is 0.0533. The van der Waals surface area contributed by atoms with Gasteiger partial charge in [-0.05, 0) is 56.6 Å². The number of carbonyl (C=O) groups is 1. The molecule has 0 spiro atoms. The summed E-state index contributed by atoms with van der Waals surface area (Å²) in [6.07, 6.45) is 10.1. The number of carbonyl (C=O) groups excluding carboxylic acids is 1. The molecular formula is C21H29N5O. The number of hydrogen-bond donors (Lipinski definition) is 1. The van der Waals surface area contributed by atoms with Crippen LogP contribution in [0.25, 0.3) is 0 Å². The molecule has 2 aromatic rings. The van der Waals surface area contributed by atoms with E-state index in [-0.39, 0.29) is 5.91 Å². The Labute approximate surface area is 161 Å². The summed E-state index contributed by atoms with van der Waals surface area (Å²) >= 11 is 0. The quantitative estimate of drug-likeness (QED) is 0.815. The molecule has 1 aliphatic heterocycles. The van der Waals surface area contributed by atoms with Crippen LogP contribution < -0.4 is 10.2 Å². The lowest BCUT2D eigenvalue weighted by Gasteiger charge is -2.32. The van der Waals surface area contributed by atoms with Gasteiger partial charge >= 0.3 is 0 Å². The summed E-state index contributed by atoms with van der Waals surface area (Å²) < 4.78 is 0. The number of amides is 1. The molecule has 0 aromatic carbocycles. The first-order chi connectivity index (χ1) is 13.1. The summed E-state index contributed by atoms with van der Waals surface area (Å²) in [5.41, 5.74) is 1.72. The summed E-state index contributed by atoms with van der Waals surface area (Å²) in [6.45, 7) is 2.59. The zero-order valence-electron chi connectivity index (χ0n) is 16.3. The second kappa shape index (κ2) is 9.46. The summed E-state index contributed by atoms with van der Waals surface area (Å²) in [5, 5.41) is 3.03. The Morgan fingerprint density at radius 2 is 2.19 bits per heavy atom. The lowest BCUT2D eigenvalue weighted by Crippen LogP contribution is -2.39. The molecule has 3 heterocycles. The number of piperidine rings is 1. The van der Waals surface area contributed by atoms with E-state index in [1.54, 1.807) is 12.4 Å². The summed E-state index contributed by atoms with van der Waals surface area (Å²) in [6, 6.07) is 8.27. The molecule has 0 unspecified atom stereocenters. The van der Waals surface area contributed by atoms with Gasteiger partial charge in [0.15, 0.2) is 0 Å². The fourth-order valence-corrected chi connectivity index (χ4v) is 3.56. The molecule has 1 N–H and O–H groups in total. The predicted octanol–water partition coefficient (Wildman–Crippen LogP) is 2.72. The fraction of sp³-hybridized carbons (Fsp3) is 0.476. The smallest absolute Gasteiger partial charge is 0.252 e. The van der Waals surface area contributed by atoms with Crippen LogP contribution in [0.5, 0.6) is 0 Å². The third-order valence-corrected chi connectivity index (χ3v) is 5.23. The van der Waals surface area contributed by atoms with Gasteiger partial charge in [0.2, 0.25) is 0 Å². The van der Waals surface area contributed by atoms with Crippen LogP contribution in [0.1, 0.15) is 41.6 Å². The average Bonchev–Trinajstić information content (AvgIpc) is 2.70. The second-order valence-electron chi connectivity index (χ2n) is 7.30. The second-order valence-corrected chi connectivity index (χ2v) is 7.30. The maximum atomic E-state index is 12.4. The van der Waals surface area contributed by atoms with E-state index in [2.05, 4.69) is 27.2 Å². The Morgan fingerprint density at radius 1 is 1.30 bits per heavy atom. The summed E-state index contributed by atoms with van der Waals surface area (Å²) in [4.78, 5) is 25.4. The first kappa shape index (κ1) is 19.3.